The van der Waals surface area contributed by atoms with Crippen molar-refractivity contribution in [2.24, 2.45) is 4.99 Å². The number of nitrogens with one attached hydrogen (secondary N) is 1. The molecule has 1 amide bonds. The number of nitrogens with zero attached hydrogens (tertiary/aromatic N) is 2. The lowest BCUT2D eigenvalue weighted by molar-refractivity contribution is -0.122. The van der Waals surface area contributed by atoms with Gasteiger partial charge in [-0.3, -0.25) is 10.1 Å². The topological polar surface area (TPSA) is 94.4 Å². The second-order valence-electron chi connectivity index (χ2n) is 5.41. The predicted octanol–water partition coefficient (Wildman–Crippen LogP) is 0.785. The molecule has 0 saturated carbocycles. The molecule has 3 N–H and O–H groups in total. The fourth-order valence-corrected chi connectivity index (χ4v) is 2.92. The van der Waals surface area contributed by atoms with Gasteiger partial charge < -0.3 is 19.8 Å². The first-order chi connectivity index (χ1) is 11.2. The van der Waals surface area contributed by atoms with Gasteiger partial charge in [0.2, 0.25) is 5.96 Å². The van der Waals surface area contributed by atoms with Crippen molar-refractivity contribution in [3.63, 3.8) is 0 Å². The average Bonchev–Trinajstić information content (AvgIpc) is 2.86. The summed E-state index contributed by atoms with van der Waals surface area (Å²) in [4.78, 5) is 17.9. The summed E-state index contributed by atoms with van der Waals surface area (Å²) in [6.45, 7) is 0.702. The summed E-state index contributed by atoms with van der Waals surface area (Å²) in [7, 11) is 0. The van der Waals surface area contributed by atoms with Crippen LogP contribution in [0.1, 0.15) is 18.4 Å². The lowest BCUT2D eigenvalue weighted by atomic mass is 10.1. The van der Waals surface area contributed by atoms with Crippen LogP contribution < -0.4 is 10.1 Å². The number of benzene rings is 1. The molecule has 1 saturated heterocycles. The van der Waals surface area contributed by atoms with Crippen LogP contribution in [0.15, 0.2) is 17.1 Å². The predicted molar refractivity (Wildman–Crippen MR) is 84.9 cm³/mol. The van der Waals surface area contributed by atoms with Crippen molar-refractivity contribution in [3.8, 4) is 5.75 Å². The van der Waals surface area contributed by atoms with E-state index in [2.05, 4.69) is 10.3 Å². The van der Waals surface area contributed by atoms with Crippen LogP contribution in [-0.4, -0.2) is 52.8 Å². The number of ether oxygens (including phenoxy) is 1. The molecule has 0 aliphatic carbocycles. The Labute approximate surface area is 138 Å². The molecular weight excluding hydrogens is 322 g/mol. The Morgan fingerprint density at radius 1 is 1.39 bits per heavy atom. The number of carbonyl (C=O) groups excluding carboxylic acids is 1. The standard InChI is InChI=1S/C15H18ClN3O4/c16-13-9-7-19-11(8-21)14(22)18-15(19)17-10(9)3-4-12(13)23-6-2-1-5-20/h3-4,11,20-21H,1-2,5-8H2,(H,17,18,22). The van der Waals surface area contributed by atoms with Gasteiger partial charge >= 0.3 is 0 Å². The van der Waals surface area contributed by atoms with E-state index < -0.39 is 6.04 Å². The number of hydrogen-bond acceptors (Lipinski definition) is 6. The Morgan fingerprint density at radius 2 is 2.22 bits per heavy atom. The molecule has 1 aromatic rings. The molecule has 2 heterocycles. The SMILES string of the molecule is O=C1NC2=Nc3ccc(OCCCCO)c(Cl)c3CN2C1CO. The van der Waals surface area contributed by atoms with Gasteiger partial charge in [0.15, 0.2) is 0 Å². The highest BCUT2D eigenvalue weighted by molar-refractivity contribution is 6.33. The van der Waals surface area contributed by atoms with Crippen molar-refractivity contribution >= 4 is 29.2 Å². The molecule has 1 atom stereocenters. The van der Waals surface area contributed by atoms with E-state index in [1.54, 1.807) is 17.0 Å². The number of carbonyl (C=O) groups is 1. The molecule has 1 aromatic carbocycles. The molecule has 0 aromatic heterocycles. The van der Waals surface area contributed by atoms with Crippen LogP contribution in [0.3, 0.4) is 0 Å². The molecule has 3 rings (SSSR count). The zero-order valence-electron chi connectivity index (χ0n) is 12.5. The molecule has 1 unspecified atom stereocenters. The maximum absolute atomic E-state index is 11.8. The molecule has 2 aliphatic rings. The zero-order valence-corrected chi connectivity index (χ0v) is 13.2. The summed E-state index contributed by atoms with van der Waals surface area (Å²) >= 11 is 6.42. The number of halogens is 1. The van der Waals surface area contributed by atoms with E-state index in [0.717, 1.165) is 12.0 Å². The Bertz CT molecular complexity index is 650. The van der Waals surface area contributed by atoms with Crippen LogP contribution in [0.2, 0.25) is 5.02 Å². The number of aliphatic imine (C=N–C) groups is 1. The molecule has 7 nitrogen and oxygen atoms in total. The number of rotatable bonds is 6. The molecular formula is C15H18ClN3O4. The normalized spacial score (nSPS) is 19.1. The maximum atomic E-state index is 11.8. The molecule has 8 heteroatoms. The Morgan fingerprint density at radius 3 is 2.96 bits per heavy atom. The minimum absolute atomic E-state index is 0.136. The zero-order chi connectivity index (χ0) is 16.4. The Hall–Kier alpha value is -1.83. The van der Waals surface area contributed by atoms with E-state index in [1.807, 2.05) is 0 Å². The second-order valence-corrected chi connectivity index (χ2v) is 5.78. The lowest BCUT2D eigenvalue weighted by Crippen LogP contribution is -2.39. The van der Waals surface area contributed by atoms with Gasteiger partial charge in [-0.15, -0.1) is 0 Å². The smallest absolute Gasteiger partial charge is 0.251 e. The van der Waals surface area contributed by atoms with Gasteiger partial charge in [-0.05, 0) is 25.0 Å². The van der Waals surface area contributed by atoms with Gasteiger partial charge in [-0.1, -0.05) is 11.6 Å². The summed E-state index contributed by atoms with van der Waals surface area (Å²) in [5.74, 6) is 0.728. The third-order valence-electron chi connectivity index (χ3n) is 3.91. The van der Waals surface area contributed by atoms with Crippen LogP contribution in [0.4, 0.5) is 5.69 Å². The van der Waals surface area contributed by atoms with Gasteiger partial charge in [-0.2, -0.15) is 0 Å². The fourth-order valence-electron chi connectivity index (χ4n) is 2.65. The first-order valence-electron chi connectivity index (χ1n) is 7.47. The minimum Gasteiger partial charge on any atom is -0.492 e. The lowest BCUT2D eigenvalue weighted by Gasteiger charge is -2.28. The van der Waals surface area contributed by atoms with Crippen molar-refractivity contribution in [3.05, 3.63) is 22.7 Å². The molecule has 124 valence electrons. The number of amides is 1. The highest BCUT2D eigenvalue weighted by Gasteiger charge is 2.39. The number of hydrogen-bond donors (Lipinski definition) is 3. The summed E-state index contributed by atoms with van der Waals surface area (Å²) < 4.78 is 5.65. The summed E-state index contributed by atoms with van der Waals surface area (Å²) in [5, 5.41) is 21.3. The van der Waals surface area contributed by atoms with E-state index in [1.165, 1.54) is 0 Å². The fraction of sp³-hybridized carbons (Fsp3) is 0.467. The monoisotopic (exact) mass is 339 g/mol. The largest absolute Gasteiger partial charge is 0.492 e. The summed E-state index contributed by atoms with van der Waals surface area (Å²) in [6, 6.07) is 2.90. The number of unbranched alkanes of at least 4 members (excludes halogenated alkanes) is 1. The first kappa shape index (κ1) is 16.0. The van der Waals surface area contributed by atoms with Crippen LogP contribution in [0, 0.1) is 0 Å². The molecule has 1 fully saturated rings. The molecule has 0 spiro atoms. The van der Waals surface area contributed by atoms with E-state index in [0.29, 0.717) is 42.0 Å². The number of fused-ring (bicyclic) bond motifs is 2. The van der Waals surface area contributed by atoms with Gasteiger partial charge in [0.1, 0.15) is 11.8 Å². The number of guanidine groups is 1. The first-order valence-corrected chi connectivity index (χ1v) is 7.85. The Balaban J connectivity index is 1.81. The Kier molecular flexibility index (Phi) is 4.70. The van der Waals surface area contributed by atoms with Crippen molar-refractivity contribution in [2.45, 2.75) is 25.4 Å². The quantitative estimate of drug-likeness (QED) is 0.666. The minimum atomic E-state index is -0.646. The maximum Gasteiger partial charge on any atom is 0.251 e. The van der Waals surface area contributed by atoms with Crippen molar-refractivity contribution in [1.29, 1.82) is 0 Å². The molecule has 0 radical (unpaired) electrons. The highest BCUT2D eigenvalue weighted by atomic mass is 35.5. The van der Waals surface area contributed by atoms with E-state index >= 15 is 0 Å². The van der Waals surface area contributed by atoms with Gasteiger partial charge in [-0.25, -0.2) is 4.99 Å². The summed E-state index contributed by atoms with van der Waals surface area (Å²) in [6.07, 6.45) is 1.42. The van der Waals surface area contributed by atoms with Gasteiger partial charge in [0.05, 0.1) is 30.5 Å². The summed E-state index contributed by atoms with van der Waals surface area (Å²) in [5.41, 5.74) is 1.45. The van der Waals surface area contributed by atoms with E-state index in [-0.39, 0.29) is 19.1 Å². The van der Waals surface area contributed by atoms with Crippen molar-refractivity contribution < 1.29 is 19.7 Å². The van der Waals surface area contributed by atoms with Crippen molar-refractivity contribution in [1.82, 2.24) is 10.2 Å². The van der Waals surface area contributed by atoms with Crippen LogP contribution >= 0.6 is 11.6 Å². The average molecular weight is 340 g/mol. The van der Waals surface area contributed by atoms with E-state index in [9.17, 15) is 9.90 Å². The third kappa shape index (κ3) is 2.99. The molecule has 0 bridgehead atoms. The van der Waals surface area contributed by atoms with Crippen LogP contribution in [-0.2, 0) is 11.3 Å². The van der Waals surface area contributed by atoms with Crippen molar-refractivity contribution in [2.75, 3.05) is 19.8 Å². The number of aliphatic hydroxyl groups excluding tert-OH is 2. The molecule has 2 aliphatic heterocycles. The molecule has 23 heavy (non-hydrogen) atoms. The van der Waals surface area contributed by atoms with Gasteiger partial charge in [0, 0.05) is 12.2 Å². The van der Waals surface area contributed by atoms with Crippen LogP contribution in [0.5, 0.6) is 5.75 Å². The van der Waals surface area contributed by atoms with Crippen LogP contribution in [0.25, 0.3) is 0 Å². The van der Waals surface area contributed by atoms with E-state index in [4.69, 9.17) is 21.4 Å². The second kappa shape index (κ2) is 6.74. The third-order valence-corrected chi connectivity index (χ3v) is 4.32. The van der Waals surface area contributed by atoms with Gasteiger partial charge in [0.25, 0.3) is 5.91 Å². The number of aliphatic hydroxyl groups is 2. The highest BCUT2D eigenvalue weighted by Crippen LogP contribution is 2.39.